The first kappa shape index (κ1) is 76.1. The highest BCUT2D eigenvalue weighted by molar-refractivity contribution is 5.71. The number of carbonyl (C=O) groups is 3. The highest BCUT2D eigenvalue weighted by Crippen LogP contribution is 2.18. The largest absolute Gasteiger partial charge is 0.462 e. The van der Waals surface area contributed by atoms with Crippen LogP contribution in [0.1, 0.15) is 367 Å². The minimum absolute atomic E-state index is 0.0774. The smallest absolute Gasteiger partial charge is 0.306 e. The molecular formula is C73H132O6. The van der Waals surface area contributed by atoms with E-state index in [2.05, 4.69) is 81.5 Å². The fourth-order valence-corrected chi connectivity index (χ4v) is 10.2. The van der Waals surface area contributed by atoms with E-state index < -0.39 is 6.10 Å². The first-order valence-corrected chi connectivity index (χ1v) is 34.8. The molecule has 0 bridgehead atoms. The molecule has 0 aromatic heterocycles. The fourth-order valence-electron chi connectivity index (χ4n) is 10.2. The van der Waals surface area contributed by atoms with Crippen LogP contribution in [0.5, 0.6) is 0 Å². The van der Waals surface area contributed by atoms with Gasteiger partial charge in [0.15, 0.2) is 6.10 Å². The Morgan fingerprint density at radius 2 is 0.456 bits per heavy atom. The van der Waals surface area contributed by atoms with E-state index in [0.29, 0.717) is 19.3 Å². The molecule has 1 atom stereocenters. The van der Waals surface area contributed by atoms with Gasteiger partial charge in [-0.05, 0) is 89.9 Å². The lowest BCUT2D eigenvalue weighted by atomic mass is 10.0. The third-order valence-corrected chi connectivity index (χ3v) is 15.5. The first-order chi connectivity index (χ1) is 39.0. The van der Waals surface area contributed by atoms with E-state index in [4.69, 9.17) is 14.2 Å². The Kier molecular flexibility index (Phi) is 65.1. The number of unbranched alkanes of at least 4 members (excludes halogenated alkanes) is 43. The van der Waals surface area contributed by atoms with Crippen LogP contribution in [-0.4, -0.2) is 37.2 Å². The summed E-state index contributed by atoms with van der Waals surface area (Å²) >= 11 is 0. The monoisotopic (exact) mass is 1110 g/mol. The molecule has 0 aliphatic carbocycles. The molecule has 0 saturated carbocycles. The lowest BCUT2D eigenvalue weighted by Crippen LogP contribution is -2.30. The van der Waals surface area contributed by atoms with Crippen molar-refractivity contribution in [2.24, 2.45) is 0 Å². The van der Waals surface area contributed by atoms with Crippen LogP contribution in [0.25, 0.3) is 0 Å². The normalized spacial score (nSPS) is 12.4. The first-order valence-electron chi connectivity index (χ1n) is 34.8. The van der Waals surface area contributed by atoms with Gasteiger partial charge >= 0.3 is 17.9 Å². The van der Waals surface area contributed by atoms with Gasteiger partial charge in [-0.3, -0.25) is 14.4 Å². The van der Waals surface area contributed by atoms with Crippen molar-refractivity contribution in [1.82, 2.24) is 0 Å². The number of carbonyl (C=O) groups excluding carboxylic acids is 3. The lowest BCUT2D eigenvalue weighted by molar-refractivity contribution is -0.167. The van der Waals surface area contributed by atoms with Crippen molar-refractivity contribution in [3.05, 3.63) is 60.8 Å². The maximum atomic E-state index is 13.0. The third kappa shape index (κ3) is 65.8. The van der Waals surface area contributed by atoms with Gasteiger partial charge in [0.25, 0.3) is 0 Å². The van der Waals surface area contributed by atoms with Crippen molar-refractivity contribution in [1.29, 1.82) is 0 Å². The number of allylic oxidation sites excluding steroid dienone is 10. The summed E-state index contributed by atoms with van der Waals surface area (Å²) in [6, 6.07) is 0. The van der Waals surface area contributed by atoms with Crippen molar-refractivity contribution < 1.29 is 28.6 Å². The molecule has 0 aromatic rings. The number of hydrogen-bond acceptors (Lipinski definition) is 6. The molecule has 0 aromatic carbocycles. The highest BCUT2D eigenvalue weighted by Gasteiger charge is 2.19. The Hall–Kier alpha value is -2.89. The minimum atomic E-state index is -0.782. The average molecular weight is 1110 g/mol. The van der Waals surface area contributed by atoms with Crippen LogP contribution in [0.4, 0.5) is 0 Å². The van der Waals surface area contributed by atoms with Gasteiger partial charge in [-0.25, -0.2) is 0 Å². The lowest BCUT2D eigenvalue weighted by Gasteiger charge is -2.18. The number of ether oxygens (including phenoxy) is 3. The molecule has 0 spiro atoms. The van der Waals surface area contributed by atoms with E-state index in [1.165, 1.54) is 238 Å². The van der Waals surface area contributed by atoms with E-state index in [1.54, 1.807) is 0 Å². The van der Waals surface area contributed by atoms with Gasteiger partial charge in [0.05, 0.1) is 0 Å². The molecule has 6 nitrogen and oxygen atoms in total. The molecule has 0 N–H and O–H groups in total. The van der Waals surface area contributed by atoms with Gasteiger partial charge in [-0.15, -0.1) is 0 Å². The van der Waals surface area contributed by atoms with E-state index >= 15 is 0 Å². The molecular weight excluding hydrogens is 973 g/mol. The fraction of sp³-hybridized carbons (Fsp3) is 0.822. The Labute approximate surface area is 491 Å². The molecule has 0 aliphatic heterocycles. The summed E-state index contributed by atoms with van der Waals surface area (Å²) in [6.45, 7) is 6.66. The Balaban J connectivity index is 4.33. The maximum absolute atomic E-state index is 13.0. The topological polar surface area (TPSA) is 78.9 Å². The zero-order valence-electron chi connectivity index (χ0n) is 52.9. The Bertz CT molecular complexity index is 1410. The molecule has 79 heavy (non-hydrogen) atoms. The van der Waals surface area contributed by atoms with Gasteiger partial charge in [-0.2, -0.15) is 0 Å². The van der Waals surface area contributed by atoms with Crippen molar-refractivity contribution in [2.75, 3.05) is 13.2 Å². The van der Waals surface area contributed by atoms with Crippen LogP contribution in [-0.2, 0) is 28.6 Å². The maximum Gasteiger partial charge on any atom is 0.306 e. The second kappa shape index (κ2) is 67.6. The average Bonchev–Trinajstić information content (AvgIpc) is 3.45. The van der Waals surface area contributed by atoms with Crippen molar-refractivity contribution in [3.8, 4) is 0 Å². The van der Waals surface area contributed by atoms with Crippen LogP contribution in [0.2, 0.25) is 0 Å². The molecule has 0 heterocycles. The second-order valence-electron chi connectivity index (χ2n) is 23.4. The Morgan fingerprint density at radius 1 is 0.253 bits per heavy atom. The van der Waals surface area contributed by atoms with Crippen LogP contribution >= 0.6 is 0 Å². The predicted octanol–water partition coefficient (Wildman–Crippen LogP) is 23.9. The molecule has 1 unspecified atom stereocenters. The molecule has 0 radical (unpaired) electrons. The highest BCUT2D eigenvalue weighted by atomic mass is 16.6. The zero-order valence-corrected chi connectivity index (χ0v) is 52.9. The Morgan fingerprint density at radius 3 is 0.722 bits per heavy atom. The van der Waals surface area contributed by atoms with Gasteiger partial charge in [0, 0.05) is 19.3 Å². The minimum Gasteiger partial charge on any atom is -0.462 e. The summed E-state index contributed by atoms with van der Waals surface area (Å²) in [5.41, 5.74) is 0. The molecule has 0 rings (SSSR count). The summed E-state index contributed by atoms with van der Waals surface area (Å²) in [4.78, 5) is 38.4. The summed E-state index contributed by atoms with van der Waals surface area (Å²) in [5.74, 6) is -0.871. The predicted molar refractivity (Wildman–Crippen MR) is 344 cm³/mol. The second-order valence-corrected chi connectivity index (χ2v) is 23.4. The van der Waals surface area contributed by atoms with Gasteiger partial charge in [0.1, 0.15) is 13.2 Å². The van der Waals surface area contributed by atoms with Gasteiger partial charge in [-0.1, -0.05) is 319 Å². The van der Waals surface area contributed by atoms with E-state index in [0.717, 1.165) is 89.9 Å². The molecule has 0 aliphatic rings. The van der Waals surface area contributed by atoms with E-state index in [-0.39, 0.29) is 31.1 Å². The van der Waals surface area contributed by atoms with Crippen molar-refractivity contribution in [3.63, 3.8) is 0 Å². The number of hydrogen-bond donors (Lipinski definition) is 0. The molecule has 0 saturated heterocycles. The molecule has 0 fully saturated rings. The van der Waals surface area contributed by atoms with E-state index in [1.807, 2.05) is 0 Å². The standard InChI is InChI=1S/C73H132O6/c1-4-7-10-13-16-19-22-25-28-31-33-35-36-37-38-39-41-42-45-48-51-54-57-60-63-66-72(75)78-69-70(68-77-71(74)65-62-59-56-53-50-47-44-30-27-24-21-18-15-12-9-6-3)79-73(76)67-64-61-58-55-52-49-46-43-40-34-32-29-26-23-20-17-14-11-8-5-2/h21-22,24-25,30-31,33,36-37,44,70H,4-20,23,26-29,32,34-35,38-43,45-69H2,1-3H3/b24-21-,25-22-,33-31-,37-36-,44-30-. The van der Waals surface area contributed by atoms with Crippen LogP contribution in [0.15, 0.2) is 60.8 Å². The van der Waals surface area contributed by atoms with Gasteiger partial charge < -0.3 is 14.2 Å². The number of esters is 3. The van der Waals surface area contributed by atoms with Crippen LogP contribution in [0.3, 0.4) is 0 Å². The zero-order chi connectivity index (χ0) is 57.1. The third-order valence-electron chi connectivity index (χ3n) is 15.5. The van der Waals surface area contributed by atoms with Crippen molar-refractivity contribution >= 4 is 17.9 Å². The summed E-state index contributed by atoms with van der Waals surface area (Å²) in [7, 11) is 0. The number of rotatable bonds is 64. The van der Waals surface area contributed by atoms with Crippen molar-refractivity contribution in [2.45, 2.75) is 374 Å². The van der Waals surface area contributed by atoms with E-state index in [9.17, 15) is 14.4 Å². The molecule has 460 valence electrons. The SMILES string of the molecule is CCCCCC/C=C\C/C=C\CCCCCCCC(=O)OCC(COC(=O)CCCCCCCCCCCC/C=C\C/C=C\C/C=C\CCCCCCC)OC(=O)CCCCCCCCCCCCCCCCCCCCCC. The summed E-state index contributed by atoms with van der Waals surface area (Å²) in [6.07, 6.45) is 86.6. The summed E-state index contributed by atoms with van der Waals surface area (Å²) in [5, 5.41) is 0. The van der Waals surface area contributed by atoms with Crippen LogP contribution < -0.4 is 0 Å². The molecule has 6 heteroatoms. The van der Waals surface area contributed by atoms with Gasteiger partial charge in [0.2, 0.25) is 0 Å². The van der Waals surface area contributed by atoms with Crippen LogP contribution in [0, 0.1) is 0 Å². The summed E-state index contributed by atoms with van der Waals surface area (Å²) < 4.78 is 17.0. The molecule has 0 amide bonds. The quantitative estimate of drug-likeness (QED) is 0.0261.